The Hall–Kier alpha value is -5.78. The monoisotopic (exact) mass is 921 g/mol. The van der Waals surface area contributed by atoms with Crippen LogP contribution in [0.5, 0.6) is 17.2 Å². The minimum atomic E-state index is -4.71. The fourth-order valence-corrected chi connectivity index (χ4v) is 12.4. The van der Waals surface area contributed by atoms with Crippen LogP contribution in [0.1, 0.15) is 112 Å². The van der Waals surface area contributed by atoms with Crippen molar-refractivity contribution in [3.8, 4) is 17.2 Å². The summed E-state index contributed by atoms with van der Waals surface area (Å²) in [6.07, 6.45) is 11.6. The van der Waals surface area contributed by atoms with E-state index in [1.807, 2.05) is 0 Å². The van der Waals surface area contributed by atoms with E-state index in [1.165, 1.54) is 54.6 Å². The van der Waals surface area contributed by atoms with Crippen molar-refractivity contribution in [3.05, 3.63) is 106 Å². The van der Waals surface area contributed by atoms with Crippen LogP contribution in [0, 0.1) is 27.3 Å². The second-order valence-electron chi connectivity index (χ2n) is 19.4. The van der Waals surface area contributed by atoms with Crippen molar-refractivity contribution in [3.63, 3.8) is 0 Å². The summed E-state index contributed by atoms with van der Waals surface area (Å²) in [7, 11) is -4.71. The Labute approximate surface area is 383 Å². The molecule has 348 valence electrons. The van der Waals surface area contributed by atoms with Crippen molar-refractivity contribution in [1.29, 1.82) is 0 Å². The number of nitrogens with one attached hydrogen (secondary N) is 3. The van der Waals surface area contributed by atoms with Gasteiger partial charge in [-0.25, -0.2) is 22.5 Å². The molecule has 0 unspecified atom stereocenters. The number of halogens is 1. The normalized spacial score (nSPS) is 23.3. The summed E-state index contributed by atoms with van der Waals surface area (Å²) in [5.74, 6) is -0.860. The number of nitrogens with zero attached hydrogens (tertiary/aromatic N) is 4. The first-order valence-electron chi connectivity index (χ1n) is 23.3. The molecule has 5 heterocycles. The topological polar surface area (TPSA) is 192 Å². The van der Waals surface area contributed by atoms with Gasteiger partial charge in [-0.2, -0.15) is 0 Å². The van der Waals surface area contributed by atoms with Crippen LogP contribution in [0.15, 0.2) is 78.0 Å². The summed E-state index contributed by atoms with van der Waals surface area (Å²) in [6, 6.07) is 18.1. The Bertz CT molecular complexity index is 2780. The van der Waals surface area contributed by atoms with Crippen LogP contribution in [0.4, 0.5) is 21.5 Å². The van der Waals surface area contributed by atoms with Crippen LogP contribution < -0.4 is 24.4 Å². The number of aromatic nitrogens is 2. The number of amides is 1. The molecule has 2 saturated heterocycles. The molecular weight excluding hydrogens is 866 g/mol. The number of pyridine rings is 1. The summed E-state index contributed by atoms with van der Waals surface area (Å²) in [5, 5.41) is 25.7. The molecule has 15 nitrogen and oxygen atoms in total. The molecule has 0 bridgehead atoms. The van der Waals surface area contributed by atoms with Crippen molar-refractivity contribution in [2.75, 3.05) is 36.5 Å². The standard InChI is InChI=1S/C49H56FN7O8S/c1-29(2)36-6-3-4-7-37(36)42-8-5-17-56(42)32-24-49(25-32)15-18-55(19-16-49)31-11-14-38(44(20-31)65-34-21-39-40(50)27-52-47(39)51-26-34)48(59)54-66(62,63)35-22-43(57(60)61)46-45(23-35)64-28-41(53-46)30-9-12-33(58)13-10-30/h3-4,6-7,11,14,20-23,26-27,29-30,32-33,41-42,53,58H,5,8-10,12-13,15-19,24-25,28H2,1-2H3,(H,51,52)(H,54,59)/t30?,33?,41-,42+/m1/s1. The highest BCUT2D eigenvalue weighted by Gasteiger charge is 2.50. The van der Waals surface area contributed by atoms with Gasteiger partial charge in [-0.3, -0.25) is 19.8 Å². The molecule has 17 heteroatoms. The molecule has 5 aliphatic rings. The van der Waals surface area contributed by atoms with Crippen molar-refractivity contribution in [2.24, 2.45) is 11.3 Å². The van der Waals surface area contributed by atoms with Crippen LogP contribution in [-0.2, 0) is 10.0 Å². The second-order valence-corrected chi connectivity index (χ2v) is 21.0. The van der Waals surface area contributed by atoms with E-state index in [4.69, 9.17) is 9.47 Å². The van der Waals surface area contributed by atoms with Crippen LogP contribution in [0.25, 0.3) is 11.0 Å². The van der Waals surface area contributed by atoms with Gasteiger partial charge < -0.3 is 29.8 Å². The predicted molar refractivity (Wildman–Crippen MR) is 247 cm³/mol. The Balaban J connectivity index is 0.865. The molecule has 2 aliphatic carbocycles. The number of carbonyl (C=O) groups is 1. The van der Waals surface area contributed by atoms with Crippen LogP contribution in [0.3, 0.4) is 0 Å². The van der Waals surface area contributed by atoms with Crippen LogP contribution in [0.2, 0.25) is 0 Å². The van der Waals surface area contributed by atoms with Gasteiger partial charge in [0.1, 0.15) is 29.6 Å². The number of rotatable bonds is 11. The smallest absolute Gasteiger partial charge is 0.297 e. The van der Waals surface area contributed by atoms with Gasteiger partial charge in [0, 0.05) is 55.3 Å². The Morgan fingerprint density at radius 1 is 1.05 bits per heavy atom. The minimum absolute atomic E-state index is 0.0215. The molecule has 4 fully saturated rings. The van der Waals surface area contributed by atoms with Gasteiger partial charge in [-0.15, -0.1) is 0 Å². The quantitative estimate of drug-likeness (QED) is 0.0728. The largest absolute Gasteiger partial charge is 0.489 e. The number of nitro groups is 1. The lowest BCUT2D eigenvalue weighted by molar-refractivity contribution is -0.384. The number of hydrogen-bond donors (Lipinski definition) is 4. The lowest BCUT2D eigenvalue weighted by Crippen LogP contribution is -2.54. The van der Waals surface area contributed by atoms with Gasteiger partial charge in [-0.05, 0) is 117 Å². The minimum Gasteiger partial charge on any atom is -0.489 e. The fourth-order valence-electron chi connectivity index (χ4n) is 11.4. The van der Waals surface area contributed by atoms with Gasteiger partial charge in [-0.1, -0.05) is 38.1 Å². The summed E-state index contributed by atoms with van der Waals surface area (Å²) >= 11 is 0. The average molecular weight is 922 g/mol. The zero-order valence-electron chi connectivity index (χ0n) is 37.2. The highest BCUT2D eigenvalue weighted by Crippen LogP contribution is 2.54. The number of sulfonamides is 1. The molecule has 10 rings (SSSR count). The number of piperidine rings is 1. The van der Waals surface area contributed by atoms with E-state index in [-0.39, 0.29) is 64.0 Å². The maximum atomic E-state index is 14.6. The number of benzene rings is 3. The van der Waals surface area contributed by atoms with Gasteiger partial charge in [0.25, 0.3) is 21.6 Å². The fraction of sp³-hybridized carbons (Fsp3) is 0.469. The third-order valence-electron chi connectivity index (χ3n) is 15.0. The number of fused-ring (bicyclic) bond motifs is 2. The van der Waals surface area contributed by atoms with Crippen LogP contribution in [-0.4, -0.2) is 83.7 Å². The number of carbonyl (C=O) groups excluding carboxylic acids is 1. The number of anilines is 2. The van der Waals surface area contributed by atoms with E-state index in [1.54, 1.807) is 12.1 Å². The molecule has 1 amide bonds. The summed E-state index contributed by atoms with van der Waals surface area (Å²) in [4.78, 5) is 37.2. The summed E-state index contributed by atoms with van der Waals surface area (Å²) in [5.41, 5.74) is 3.69. The first-order valence-corrected chi connectivity index (χ1v) is 24.7. The lowest BCUT2D eigenvalue weighted by Gasteiger charge is -2.56. The Morgan fingerprint density at radius 3 is 2.58 bits per heavy atom. The summed E-state index contributed by atoms with van der Waals surface area (Å²) < 4.78 is 56.8. The third kappa shape index (κ3) is 8.45. The number of hydrogen-bond acceptors (Lipinski definition) is 12. The predicted octanol–water partition coefficient (Wildman–Crippen LogP) is 8.95. The average Bonchev–Trinajstić information content (AvgIpc) is 3.94. The number of ether oxygens (including phenoxy) is 2. The first kappa shape index (κ1) is 44.1. The molecule has 0 radical (unpaired) electrons. The van der Waals surface area contributed by atoms with E-state index in [0.717, 1.165) is 69.9 Å². The van der Waals surface area contributed by atoms with E-state index in [2.05, 4.69) is 67.9 Å². The summed E-state index contributed by atoms with van der Waals surface area (Å²) in [6.45, 7) is 7.39. The molecule has 2 aromatic heterocycles. The molecule has 1 spiro atoms. The van der Waals surface area contributed by atoms with Gasteiger partial charge >= 0.3 is 0 Å². The second kappa shape index (κ2) is 17.5. The van der Waals surface area contributed by atoms with Crippen LogP contribution >= 0.6 is 0 Å². The maximum absolute atomic E-state index is 14.6. The molecule has 66 heavy (non-hydrogen) atoms. The number of aromatic amines is 1. The van der Waals surface area contributed by atoms with E-state index in [9.17, 15) is 32.8 Å². The van der Waals surface area contributed by atoms with Gasteiger partial charge in [0.2, 0.25) is 0 Å². The number of nitro benzene ring substituents is 1. The van der Waals surface area contributed by atoms with E-state index >= 15 is 0 Å². The highest BCUT2D eigenvalue weighted by atomic mass is 32.2. The Morgan fingerprint density at radius 2 is 1.82 bits per heavy atom. The maximum Gasteiger partial charge on any atom is 0.297 e. The van der Waals surface area contributed by atoms with Gasteiger partial charge in [0.15, 0.2) is 11.4 Å². The Kier molecular flexibility index (Phi) is 11.7. The van der Waals surface area contributed by atoms with Crippen molar-refractivity contribution in [1.82, 2.24) is 19.6 Å². The SMILES string of the molecule is CC(C)c1ccccc1[C@@H]1CCCN1C1CC2(CCN(c3ccc(C(=O)NS(=O)(=O)c4cc5c(c([N+](=O)[O-])c4)N[C@@H](C4CCC(O)CC4)CO5)c(Oc4cnc5[nH]cc(F)c5c4)c3)CC2)C1. The molecule has 2 atom stereocenters. The molecule has 5 aromatic rings. The number of aliphatic hydroxyl groups is 1. The zero-order valence-corrected chi connectivity index (χ0v) is 38.0. The van der Waals surface area contributed by atoms with Crippen molar-refractivity contribution in [2.45, 2.75) is 113 Å². The van der Waals surface area contributed by atoms with E-state index in [0.29, 0.717) is 36.5 Å². The molecule has 3 aliphatic heterocycles. The molecule has 2 saturated carbocycles. The van der Waals surface area contributed by atoms with Crippen molar-refractivity contribution >= 4 is 44.0 Å². The highest BCUT2D eigenvalue weighted by molar-refractivity contribution is 7.90. The number of H-pyrrole nitrogens is 1. The van der Waals surface area contributed by atoms with E-state index < -0.39 is 37.3 Å². The van der Waals surface area contributed by atoms with Crippen molar-refractivity contribution < 1.29 is 37.1 Å². The molecular formula is C49H56FN7O8S. The number of likely N-dealkylation sites (tertiary alicyclic amines) is 1. The molecule has 4 N–H and O–H groups in total. The molecule has 3 aromatic carbocycles. The number of aliphatic hydroxyl groups excluding tert-OH is 1. The zero-order chi connectivity index (χ0) is 45.9. The lowest BCUT2D eigenvalue weighted by atomic mass is 9.59. The first-order chi connectivity index (χ1) is 31.7. The third-order valence-corrected chi connectivity index (χ3v) is 16.3. The van der Waals surface area contributed by atoms with Gasteiger partial charge in [0.05, 0.1) is 39.1 Å².